The second-order valence-electron chi connectivity index (χ2n) is 4.20. The molecule has 8 heteroatoms. The van der Waals surface area contributed by atoms with Crippen molar-refractivity contribution in [2.45, 2.75) is 13.5 Å². The normalized spacial score (nSPS) is 10.8. The zero-order valence-corrected chi connectivity index (χ0v) is 11.5. The first-order valence-electron chi connectivity index (χ1n) is 5.92. The molecule has 0 aromatic carbocycles. The summed E-state index contributed by atoms with van der Waals surface area (Å²) in [7, 11) is 0. The highest BCUT2D eigenvalue weighted by atomic mass is 32.1. The van der Waals surface area contributed by atoms with Crippen molar-refractivity contribution in [1.29, 1.82) is 0 Å². The van der Waals surface area contributed by atoms with E-state index >= 15 is 0 Å². The van der Waals surface area contributed by atoms with Gasteiger partial charge in [-0.1, -0.05) is 11.3 Å². The number of nitrogens with one attached hydrogen (secondary N) is 1. The first-order chi connectivity index (χ1) is 9.65. The van der Waals surface area contributed by atoms with Crippen LogP contribution in [-0.4, -0.2) is 25.3 Å². The van der Waals surface area contributed by atoms with Crippen LogP contribution in [0.4, 0.5) is 5.13 Å². The third kappa shape index (κ3) is 2.21. The largest absolute Gasteiger partial charge is 0.375 e. The van der Waals surface area contributed by atoms with Gasteiger partial charge in [0.05, 0.1) is 30.3 Å². The van der Waals surface area contributed by atoms with Crippen molar-refractivity contribution >= 4 is 28.0 Å². The molecule has 3 heterocycles. The maximum absolute atomic E-state index is 12.1. The van der Waals surface area contributed by atoms with E-state index in [1.165, 1.54) is 11.3 Å². The first kappa shape index (κ1) is 12.5. The van der Waals surface area contributed by atoms with Gasteiger partial charge in [-0.15, -0.1) is 0 Å². The standard InChI is InChI=1S/C12H12N6OS/c1-7-10(20-12(13)17-7)11(19)16-5-8-4-15-9-6-14-2-3-18(8)9/h2-4,6H,5H2,1H3,(H2,13,17)(H,16,19). The van der Waals surface area contributed by atoms with Crippen LogP contribution >= 0.6 is 11.3 Å². The van der Waals surface area contributed by atoms with Crippen LogP contribution in [0.3, 0.4) is 0 Å². The van der Waals surface area contributed by atoms with E-state index in [0.717, 1.165) is 11.3 Å². The summed E-state index contributed by atoms with van der Waals surface area (Å²) in [6, 6.07) is 0. The van der Waals surface area contributed by atoms with Gasteiger partial charge in [0.2, 0.25) is 0 Å². The highest BCUT2D eigenvalue weighted by Crippen LogP contribution is 2.19. The van der Waals surface area contributed by atoms with E-state index in [0.29, 0.717) is 22.2 Å². The van der Waals surface area contributed by atoms with Gasteiger partial charge in [-0.2, -0.15) is 0 Å². The van der Waals surface area contributed by atoms with E-state index < -0.39 is 0 Å². The van der Waals surface area contributed by atoms with E-state index in [1.807, 2.05) is 4.40 Å². The van der Waals surface area contributed by atoms with Gasteiger partial charge in [-0.3, -0.25) is 14.2 Å². The van der Waals surface area contributed by atoms with Crippen LogP contribution in [0.2, 0.25) is 0 Å². The van der Waals surface area contributed by atoms with Crippen molar-refractivity contribution in [2.24, 2.45) is 0 Å². The number of carbonyl (C=O) groups is 1. The first-order valence-corrected chi connectivity index (χ1v) is 6.74. The smallest absolute Gasteiger partial charge is 0.263 e. The number of amides is 1. The number of imidazole rings is 1. The Kier molecular flexibility index (Phi) is 3.07. The summed E-state index contributed by atoms with van der Waals surface area (Å²) in [6.07, 6.45) is 6.86. The molecule has 0 unspecified atom stereocenters. The molecule has 0 saturated heterocycles. The number of aryl methyl sites for hydroxylation is 1. The Labute approximate surface area is 118 Å². The summed E-state index contributed by atoms with van der Waals surface area (Å²) in [5, 5.41) is 3.24. The van der Waals surface area contributed by atoms with E-state index in [9.17, 15) is 4.79 Å². The van der Waals surface area contributed by atoms with Crippen LogP contribution in [0.15, 0.2) is 24.8 Å². The van der Waals surface area contributed by atoms with Crippen molar-refractivity contribution in [3.8, 4) is 0 Å². The van der Waals surface area contributed by atoms with Gasteiger partial charge in [-0.25, -0.2) is 9.97 Å². The fourth-order valence-corrected chi connectivity index (χ4v) is 2.65. The lowest BCUT2D eigenvalue weighted by Gasteiger charge is -2.04. The number of nitrogen functional groups attached to an aromatic ring is 1. The highest BCUT2D eigenvalue weighted by molar-refractivity contribution is 7.17. The molecule has 3 aromatic rings. The lowest BCUT2D eigenvalue weighted by atomic mass is 10.3. The molecule has 1 amide bonds. The molecule has 0 aliphatic rings. The third-order valence-electron chi connectivity index (χ3n) is 2.84. The Balaban J connectivity index is 1.76. The zero-order valence-electron chi connectivity index (χ0n) is 10.7. The second kappa shape index (κ2) is 4.89. The summed E-state index contributed by atoms with van der Waals surface area (Å²) in [5.41, 5.74) is 7.86. The molecule has 0 radical (unpaired) electrons. The SMILES string of the molecule is Cc1nc(N)sc1C(=O)NCc1cnc2cnccn12. The molecule has 0 atom stereocenters. The molecule has 0 saturated carbocycles. The molecule has 3 N–H and O–H groups in total. The Morgan fingerprint density at radius 2 is 2.35 bits per heavy atom. The molecular weight excluding hydrogens is 276 g/mol. The lowest BCUT2D eigenvalue weighted by molar-refractivity contribution is 0.0953. The van der Waals surface area contributed by atoms with E-state index in [1.54, 1.807) is 31.7 Å². The Hall–Kier alpha value is -2.48. The van der Waals surface area contributed by atoms with Gasteiger partial charge in [0, 0.05) is 12.4 Å². The number of carbonyl (C=O) groups excluding carboxylic acids is 1. The Morgan fingerprint density at radius 1 is 1.50 bits per heavy atom. The number of anilines is 1. The quantitative estimate of drug-likeness (QED) is 0.749. The minimum Gasteiger partial charge on any atom is -0.375 e. The van der Waals surface area contributed by atoms with Crippen LogP contribution in [0.5, 0.6) is 0 Å². The molecule has 102 valence electrons. The van der Waals surface area contributed by atoms with Crippen LogP contribution < -0.4 is 11.1 Å². The number of hydrogen-bond acceptors (Lipinski definition) is 6. The van der Waals surface area contributed by atoms with E-state index in [4.69, 9.17) is 5.73 Å². The van der Waals surface area contributed by atoms with Gasteiger partial charge in [0.25, 0.3) is 5.91 Å². The monoisotopic (exact) mass is 288 g/mol. The Bertz CT molecular complexity index is 777. The summed E-state index contributed by atoms with van der Waals surface area (Å²) >= 11 is 1.19. The number of nitrogens with zero attached hydrogens (tertiary/aromatic N) is 4. The van der Waals surface area contributed by atoms with E-state index in [-0.39, 0.29) is 5.91 Å². The average Bonchev–Trinajstić information content (AvgIpc) is 2.99. The summed E-state index contributed by atoms with van der Waals surface area (Å²) < 4.78 is 1.88. The van der Waals surface area contributed by atoms with Gasteiger partial charge in [-0.05, 0) is 6.92 Å². The molecule has 7 nitrogen and oxygen atoms in total. The topological polar surface area (TPSA) is 98.2 Å². The minimum atomic E-state index is -0.180. The summed E-state index contributed by atoms with van der Waals surface area (Å²) in [5.74, 6) is -0.180. The maximum atomic E-state index is 12.1. The van der Waals surface area contributed by atoms with E-state index in [2.05, 4.69) is 20.3 Å². The number of nitrogens with two attached hydrogens (primary N) is 1. The molecule has 0 aliphatic carbocycles. The predicted molar refractivity (Wildman–Crippen MR) is 75.4 cm³/mol. The summed E-state index contributed by atoms with van der Waals surface area (Å²) in [4.78, 5) is 24.9. The molecule has 3 rings (SSSR count). The van der Waals surface area contributed by atoms with Crippen LogP contribution in [-0.2, 0) is 6.54 Å². The number of hydrogen-bond donors (Lipinski definition) is 2. The molecule has 0 bridgehead atoms. The van der Waals surface area contributed by atoms with Crippen molar-refractivity contribution < 1.29 is 4.79 Å². The third-order valence-corrected chi connectivity index (χ3v) is 3.83. The van der Waals surface area contributed by atoms with Gasteiger partial charge in [0.1, 0.15) is 4.88 Å². The van der Waals surface area contributed by atoms with Crippen molar-refractivity contribution in [2.75, 3.05) is 5.73 Å². The summed E-state index contributed by atoms with van der Waals surface area (Å²) in [6.45, 7) is 2.14. The van der Waals surface area contributed by atoms with Crippen molar-refractivity contribution in [3.63, 3.8) is 0 Å². The average molecular weight is 288 g/mol. The van der Waals surface area contributed by atoms with Crippen LogP contribution in [0.25, 0.3) is 5.65 Å². The lowest BCUT2D eigenvalue weighted by Crippen LogP contribution is -2.23. The number of aromatic nitrogens is 4. The maximum Gasteiger partial charge on any atom is 0.263 e. The van der Waals surface area contributed by atoms with Gasteiger partial charge >= 0.3 is 0 Å². The minimum absolute atomic E-state index is 0.180. The zero-order chi connectivity index (χ0) is 14.1. The number of rotatable bonds is 3. The van der Waals surface area contributed by atoms with Crippen LogP contribution in [0, 0.1) is 6.92 Å². The fraction of sp³-hybridized carbons (Fsp3) is 0.167. The molecule has 0 aliphatic heterocycles. The predicted octanol–water partition coefficient (Wildman–Crippen LogP) is 1.01. The van der Waals surface area contributed by atoms with Crippen molar-refractivity contribution in [3.05, 3.63) is 41.1 Å². The highest BCUT2D eigenvalue weighted by Gasteiger charge is 2.14. The number of fused-ring (bicyclic) bond motifs is 1. The molecule has 0 fully saturated rings. The Morgan fingerprint density at radius 3 is 3.10 bits per heavy atom. The molecular formula is C12H12N6OS. The van der Waals surface area contributed by atoms with Gasteiger partial charge in [0.15, 0.2) is 10.8 Å². The molecule has 0 spiro atoms. The van der Waals surface area contributed by atoms with Crippen LogP contribution in [0.1, 0.15) is 21.1 Å². The second-order valence-corrected chi connectivity index (χ2v) is 5.23. The molecule has 20 heavy (non-hydrogen) atoms. The number of thiazole rings is 1. The fourth-order valence-electron chi connectivity index (χ4n) is 1.90. The molecule has 3 aromatic heterocycles. The van der Waals surface area contributed by atoms with Crippen molar-refractivity contribution in [1.82, 2.24) is 24.7 Å². The van der Waals surface area contributed by atoms with Gasteiger partial charge < -0.3 is 11.1 Å².